The van der Waals surface area contributed by atoms with E-state index in [2.05, 4.69) is 6.58 Å². The Morgan fingerprint density at radius 3 is 2.59 bits per heavy atom. The van der Waals surface area contributed by atoms with Crippen LogP contribution >= 0.6 is 0 Å². The molecule has 0 aromatic carbocycles. The lowest BCUT2D eigenvalue weighted by molar-refractivity contribution is -0.154. The molecule has 0 unspecified atom stereocenters. The fraction of sp³-hybridized carbons (Fsp3) is 0.667. The molecule has 1 saturated carbocycles. The van der Waals surface area contributed by atoms with Crippen LogP contribution in [0.15, 0.2) is 12.7 Å². The molecule has 3 amide bonds. The van der Waals surface area contributed by atoms with E-state index in [1.807, 2.05) is 0 Å². The second kappa shape index (κ2) is 5.37. The van der Waals surface area contributed by atoms with Gasteiger partial charge in [-0.05, 0) is 25.3 Å². The van der Waals surface area contributed by atoms with Gasteiger partial charge in [0.1, 0.15) is 11.7 Å². The normalized spacial score (nSPS) is 26.5. The van der Waals surface area contributed by atoms with E-state index < -0.39 is 11.7 Å². The van der Waals surface area contributed by atoms with Gasteiger partial charge in [-0.15, -0.1) is 0 Å². The summed E-state index contributed by atoms with van der Waals surface area (Å²) in [7, 11) is 0. The van der Waals surface area contributed by atoms with Gasteiger partial charge in [0.25, 0.3) is 0 Å². The molecule has 2 heterocycles. The van der Waals surface area contributed by atoms with Crippen LogP contribution in [0.4, 0.5) is 4.39 Å². The molecule has 3 aliphatic rings. The number of rotatable bonds is 3. The number of piperazine rings is 1. The Labute approximate surface area is 128 Å². The van der Waals surface area contributed by atoms with Crippen molar-refractivity contribution < 1.29 is 18.8 Å². The van der Waals surface area contributed by atoms with Crippen LogP contribution in [0.2, 0.25) is 0 Å². The zero-order valence-corrected chi connectivity index (χ0v) is 12.5. The van der Waals surface area contributed by atoms with Crippen LogP contribution < -0.4 is 0 Å². The summed E-state index contributed by atoms with van der Waals surface area (Å²) >= 11 is 0. The summed E-state index contributed by atoms with van der Waals surface area (Å²) in [5, 5.41) is 0. The molecule has 3 fully saturated rings. The first-order valence-corrected chi connectivity index (χ1v) is 7.63. The van der Waals surface area contributed by atoms with Gasteiger partial charge in [-0.3, -0.25) is 14.4 Å². The number of amides is 3. The minimum atomic E-state index is -0.962. The summed E-state index contributed by atoms with van der Waals surface area (Å²) in [6, 6.07) is 0. The lowest BCUT2D eigenvalue weighted by Crippen LogP contribution is -2.61. The number of nitrogens with zero attached hydrogens (tertiary/aromatic N) is 3. The highest BCUT2D eigenvalue weighted by molar-refractivity contribution is 5.99. The standard InChI is InChI=1S/C15H20FN3O3/c1-2-12(20)19-8-7-18(14(22)15(19)4-5-15)10-13(21)17-6-3-11(16)9-17/h2,11H,1,3-10H2/t11-/m1/s1. The SMILES string of the molecule is C=CC(=O)N1CCN(CC(=O)N2CC[C@@H](F)C2)C(=O)C12CC2. The van der Waals surface area contributed by atoms with E-state index in [0.29, 0.717) is 38.9 Å². The molecule has 1 atom stereocenters. The summed E-state index contributed by atoms with van der Waals surface area (Å²) in [5.74, 6) is -0.622. The molecule has 2 saturated heterocycles. The summed E-state index contributed by atoms with van der Waals surface area (Å²) in [6.07, 6.45) is 1.89. The Hall–Kier alpha value is -1.92. The van der Waals surface area contributed by atoms with Gasteiger partial charge in [0.2, 0.25) is 17.7 Å². The van der Waals surface area contributed by atoms with E-state index in [1.165, 1.54) is 15.9 Å². The van der Waals surface area contributed by atoms with Crippen molar-refractivity contribution in [3.63, 3.8) is 0 Å². The average Bonchev–Trinajstić information content (AvgIpc) is 3.17. The molecule has 0 N–H and O–H groups in total. The van der Waals surface area contributed by atoms with Crippen molar-refractivity contribution in [3.8, 4) is 0 Å². The number of carbonyl (C=O) groups excluding carboxylic acids is 3. The molecule has 120 valence electrons. The number of alkyl halides is 1. The van der Waals surface area contributed by atoms with Gasteiger partial charge in [0.05, 0.1) is 13.1 Å². The van der Waals surface area contributed by atoms with Crippen molar-refractivity contribution in [1.82, 2.24) is 14.7 Å². The molecule has 0 bridgehead atoms. The molecule has 6 nitrogen and oxygen atoms in total. The van der Waals surface area contributed by atoms with Crippen LogP contribution in [0, 0.1) is 0 Å². The highest BCUT2D eigenvalue weighted by Crippen LogP contribution is 2.45. The number of halogens is 1. The van der Waals surface area contributed by atoms with Crippen molar-refractivity contribution in [2.45, 2.75) is 31.0 Å². The zero-order chi connectivity index (χ0) is 15.9. The van der Waals surface area contributed by atoms with Gasteiger partial charge < -0.3 is 14.7 Å². The smallest absolute Gasteiger partial charge is 0.249 e. The van der Waals surface area contributed by atoms with E-state index in [4.69, 9.17) is 0 Å². The van der Waals surface area contributed by atoms with E-state index >= 15 is 0 Å². The monoisotopic (exact) mass is 309 g/mol. The van der Waals surface area contributed by atoms with Crippen molar-refractivity contribution in [2.75, 3.05) is 32.7 Å². The van der Waals surface area contributed by atoms with Crippen LogP contribution in [0.5, 0.6) is 0 Å². The lowest BCUT2D eigenvalue weighted by Gasteiger charge is -2.40. The second-order valence-electron chi connectivity index (χ2n) is 6.18. The third-order valence-corrected chi connectivity index (χ3v) is 4.77. The van der Waals surface area contributed by atoms with Gasteiger partial charge >= 0.3 is 0 Å². The maximum absolute atomic E-state index is 13.2. The minimum absolute atomic E-state index is 0.0244. The van der Waals surface area contributed by atoms with Crippen molar-refractivity contribution in [1.29, 1.82) is 0 Å². The predicted molar refractivity (Wildman–Crippen MR) is 76.5 cm³/mol. The third-order valence-electron chi connectivity index (χ3n) is 4.77. The van der Waals surface area contributed by atoms with Crippen LogP contribution in [-0.4, -0.2) is 76.9 Å². The molecular weight excluding hydrogens is 289 g/mol. The number of hydrogen-bond acceptors (Lipinski definition) is 3. The summed E-state index contributed by atoms with van der Waals surface area (Å²) in [5.41, 5.74) is -0.766. The lowest BCUT2D eigenvalue weighted by atomic mass is 10.1. The van der Waals surface area contributed by atoms with E-state index in [1.54, 1.807) is 4.90 Å². The maximum Gasteiger partial charge on any atom is 0.249 e. The Morgan fingerprint density at radius 1 is 1.32 bits per heavy atom. The van der Waals surface area contributed by atoms with Gasteiger partial charge in [-0.25, -0.2) is 4.39 Å². The third kappa shape index (κ3) is 2.38. The Morgan fingerprint density at radius 2 is 2.05 bits per heavy atom. The number of hydrogen-bond donors (Lipinski definition) is 0. The van der Waals surface area contributed by atoms with Crippen LogP contribution in [0.25, 0.3) is 0 Å². The first-order chi connectivity index (χ1) is 10.5. The molecule has 22 heavy (non-hydrogen) atoms. The van der Waals surface area contributed by atoms with Gasteiger partial charge in [0.15, 0.2) is 0 Å². The largest absolute Gasteiger partial charge is 0.338 e. The Kier molecular flexibility index (Phi) is 3.66. The molecular formula is C15H20FN3O3. The van der Waals surface area contributed by atoms with Crippen LogP contribution in [0.3, 0.4) is 0 Å². The van der Waals surface area contributed by atoms with Crippen molar-refractivity contribution >= 4 is 17.7 Å². The quantitative estimate of drug-likeness (QED) is 0.687. The highest BCUT2D eigenvalue weighted by atomic mass is 19.1. The molecule has 3 rings (SSSR count). The second-order valence-corrected chi connectivity index (χ2v) is 6.18. The topological polar surface area (TPSA) is 60.9 Å². The molecule has 0 radical (unpaired) electrons. The first kappa shape index (κ1) is 15.0. The molecule has 7 heteroatoms. The fourth-order valence-electron chi connectivity index (χ4n) is 3.34. The van der Waals surface area contributed by atoms with Crippen molar-refractivity contribution in [3.05, 3.63) is 12.7 Å². The van der Waals surface area contributed by atoms with Crippen LogP contribution in [0.1, 0.15) is 19.3 Å². The van der Waals surface area contributed by atoms with E-state index in [-0.39, 0.29) is 30.8 Å². The minimum Gasteiger partial charge on any atom is -0.338 e. The highest BCUT2D eigenvalue weighted by Gasteiger charge is 2.59. The molecule has 1 spiro atoms. The maximum atomic E-state index is 13.2. The first-order valence-electron chi connectivity index (χ1n) is 7.63. The number of likely N-dealkylation sites (tertiary alicyclic amines) is 1. The Balaban J connectivity index is 1.65. The molecule has 0 aromatic rings. The van der Waals surface area contributed by atoms with Gasteiger partial charge in [-0.1, -0.05) is 6.58 Å². The van der Waals surface area contributed by atoms with Crippen LogP contribution in [-0.2, 0) is 14.4 Å². The van der Waals surface area contributed by atoms with E-state index in [0.717, 1.165) is 0 Å². The summed E-state index contributed by atoms with van der Waals surface area (Å²) in [6.45, 7) is 4.72. The van der Waals surface area contributed by atoms with Crippen molar-refractivity contribution in [2.24, 2.45) is 0 Å². The zero-order valence-electron chi connectivity index (χ0n) is 12.5. The average molecular weight is 309 g/mol. The summed E-state index contributed by atoms with van der Waals surface area (Å²) in [4.78, 5) is 41.2. The predicted octanol–water partition coefficient (Wildman–Crippen LogP) is -0.0538. The summed E-state index contributed by atoms with van der Waals surface area (Å²) < 4.78 is 13.2. The molecule has 2 aliphatic heterocycles. The molecule has 1 aliphatic carbocycles. The van der Waals surface area contributed by atoms with Gasteiger partial charge in [0, 0.05) is 19.6 Å². The van der Waals surface area contributed by atoms with E-state index in [9.17, 15) is 18.8 Å². The van der Waals surface area contributed by atoms with Gasteiger partial charge in [-0.2, -0.15) is 0 Å². The fourth-order valence-corrected chi connectivity index (χ4v) is 3.34. The Bertz CT molecular complexity index is 532. The number of carbonyl (C=O) groups is 3. The molecule has 0 aromatic heterocycles.